The van der Waals surface area contributed by atoms with Gasteiger partial charge in [-0.3, -0.25) is 0 Å². The van der Waals surface area contributed by atoms with E-state index in [4.69, 9.17) is 17.3 Å². The van der Waals surface area contributed by atoms with Crippen molar-refractivity contribution in [2.24, 2.45) is 5.73 Å². The van der Waals surface area contributed by atoms with E-state index >= 15 is 0 Å². The normalized spacial score (nSPS) is 28.6. The Kier molecular flexibility index (Phi) is 4.31. The van der Waals surface area contributed by atoms with E-state index < -0.39 is 0 Å². The molecule has 0 spiro atoms. The molecule has 1 fully saturated rings. The van der Waals surface area contributed by atoms with Crippen LogP contribution in [0.5, 0.6) is 0 Å². The van der Waals surface area contributed by atoms with Crippen molar-refractivity contribution in [2.45, 2.75) is 43.7 Å². The Bertz CT molecular complexity index is 395. The fourth-order valence-electron chi connectivity index (χ4n) is 2.99. The van der Waals surface area contributed by atoms with E-state index in [1.54, 1.807) is 0 Å². The number of hydrogen-bond donors (Lipinski definition) is 1. The van der Waals surface area contributed by atoms with E-state index in [0.29, 0.717) is 6.04 Å². The Labute approximate surface area is 115 Å². The Balaban J connectivity index is 2.16. The molecule has 2 nitrogen and oxygen atoms in total. The van der Waals surface area contributed by atoms with Gasteiger partial charge in [0.05, 0.1) is 0 Å². The molecule has 0 bridgehead atoms. The Hall–Kier alpha value is -0.570. The molecule has 0 unspecified atom stereocenters. The molecular formula is C15H23ClN2. The van der Waals surface area contributed by atoms with Crippen LogP contribution in [0.15, 0.2) is 24.3 Å². The highest BCUT2D eigenvalue weighted by Gasteiger charge is 2.36. The smallest absolute Gasteiger partial charge is 0.0408 e. The van der Waals surface area contributed by atoms with Crippen molar-refractivity contribution in [2.75, 3.05) is 14.1 Å². The van der Waals surface area contributed by atoms with Gasteiger partial charge in [-0.2, -0.15) is 0 Å². The number of hydrogen-bond acceptors (Lipinski definition) is 2. The largest absolute Gasteiger partial charge is 0.328 e. The number of likely N-dealkylation sites (N-methyl/N-ethyl adjacent to an activating group) is 1. The zero-order valence-corrected chi connectivity index (χ0v) is 12.1. The van der Waals surface area contributed by atoms with Crippen molar-refractivity contribution >= 4 is 11.6 Å². The lowest BCUT2D eigenvalue weighted by atomic mass is 9.75. The molecule has 1 aliphatic rings. The summed E-state index contributed by atoms with van der Waals surface area (Å²) in [5.41, 5.74) is 7.61. The molecule has 0 heterocycles. The van der Waals surface area contributed by atoms with Gasteiger partial charge in [-0.15, -0.1) is 0 Å². The fraction of sp³-hybridized carbons (Fsp3) is 0.600. The van der Waals surface area contributed by atoms with Crippen molar-refractivity contribution < 1.29 is 0 Å². The van der Waals surface area contributed by atoms with Crippen LogP contribution in [0.25, 0.3) is 0 Å². The van der Waals surface area contributed by atoms with Crippen molar-refractivity contribution in [3.8, 4) is 0 Å². The van der Waals surface area contributed by atoms with E-state index in [1.165, 1.54) is 18.4 Å². The third-order valence-corrected chi connectivity index (χ3v) is 4.57. The summed E-state index contributed by atoms with van der Waals surface area (Å²) in [5.74, 6) is 0. The maximum Gasteiger partial charge on any atom is 0.0408 e. The molecule has 0 atom stereocenters. The van der Waals surface area contributed by atoms with Crippen LogP contribution in [-0.2, 0) is 6.42 Å². The summed E-state index contributed by atoms with van der Waals surface area (Å²) in [6.07, 6.45) is 5.66. The Morgan fingerprint density at radius 2 is 2.00 bits per heavy atom. The van der Waals surface area contributed by atoms with Gasteiger partial charge in [-0.25, -0.2) is 0 Å². The van der Waals surface area contributed by atoms with Gasteiger partial charge in [0, 0.05) is 16.6 Å². The van der Waals surface area contributed by atoms with Crippen LogP contribution < -0.4 is 5.73 Å². The van der Waals surface area contributed by atoms with Gasteiger partial charge < -0.3 is 10.6 Å². The molecule has 18 heavy (non-hydrogen) atoms. The van der Waals surface area contributed by atoms with Crippen molar-refractivity contribution in [3.05, 3.63) is 34.9 Å². The second kappa shape index (κ2) is 5.60. The first-order chi connectivity index (χ1) is 8.52. The monoisotopic (exact) mass is 266 g/mol. The van der Waals surface area contributed by atoms with Crippen LogP contribution in [-0.4, -0.2) is 30.6 Å². The molecule has 0 saturated heterocycles. The van der Waals surface area contributed by atoms with Gasteiger partial charge in [-0.1, -0.05) is 23.7 Å². The summed E-state index contributed by atoms with van der Waals surface area (Å²) in [4.78, 5) is 2.37. The quantitative estimate of drug-likeness (QED) is 0.911. The second-order valence-electron chi connectivity index (χ2n) is 5.76. The van der Waals surface area contributed by atoms with E-state index in [9.17, 15) is 0 Å². The second-order valence-corrected chi connectivity index (χ2v) is 6.20. The van der Waals surface area contributed by atoms with Crippen LogP contribution in [0.3, 0.4) is 0 Å². The summed E-state index contributed by atoms with van der Waals surface area (Å²) in [5, 5.41) is 0.828. The molecule has 3 heteroatoms. The SMILES string of the molecule is CN(C)C1(Cc2cccc(Cl)c2)CCC(N)CC1. The molecule has 0 aromatic heterocycles. The maximum atomic E-state index is 6.08. The predicted octanol–water partition coefficient (Wildman–Crippen LogP) is 3.08. The molecule has 1 saturated carbocycles. The Morgan fingerprint density at radius 3 is 2.56 bits per heavy atom. The van der Waals surface area contributed by atoms with Crippen LogP contribution in [0.2, 0.25) is 5.02 Å². The molecule has 0 radical (unpaired) electrons. The average molecular weight is 267 g/mol. The molecule has 1 aromatic carbocycles. The third kappa shape index (κ3) is 3.05. The number of nitrogens with zero attached hydrogens (tertiary/aromatic N) is 1. The lowest BCUT2D eigenvalue weighted by molar-refractivity contribution is 0.0934. The topological polar surface area (TPSA) is 29.3 Å². The van der Waals surface area contributed by atoms with E-state index in [1.807, 2.05) is 12.1 Å². The first kappa shape index (κ1) is 13.9. The predicted molar refractivity (Wildman–Crippen MR) is 78.0 cm³/mol. The summed E-state index contributed by atoms with van der Waals surface area (Å²) in [6, 6.07) is 8.62. The lowest BCUT2D eigenvalue weighted by Crippen LogP contribution is -2.50. The van der Waals surface area contributed by atoms with Gasteiger partial charge in [0.25, 0.3) is 0 Å². The molecule has 1 aliphatic carbocycles. The van der Waals surface area contributed by atoms with Gasteiger partial charge in [-0.05, 0) is 63.9 Å². The zero-order valence-electron chi connectivity index (χ0n) is 11.3. The first-order valence-corrected chi connectivity index (χ1v) is 7.07. The van der Waals surface area contributed by atoms with Crippen LogP contribution in [0, 0.1) is 0 Å². The molecule has 0 amide bonds. The van der Waals surface area contributed by atoms with Crippen molar-refractivity contribution in [3.63, 3.8) is 0 Å². The minimum absolute atomic E-state index is 0.251. The van der Waals surface area contributed by atoms with E-state index in [0.717, 1.165) is 24.3 Å². The maximum absolute atomic E-state index is 6.08. The van der Waals surface area contributed by atoms with Gasteiger partial charge in [0.15, 0.2) is 0 Å². The molecular weight excluding hydrogens is 244 g/mol. The summed E-state index contributed by atoms with van der Waals surface area (Å²) in [6.45, 7) is 0. The van der Waals surface area contributed by atoms with Gasteiger partial charge in [0.2, 0.25) is 0 Å². The number of benzene rings is 1. The van der Waals surface area contributed by atoms with Crippen molar-refractivity contribution in [1.29, 1.82) is 0 Å². The lowest BCUT2D eigenvalue weighted by Gasteiger charge is -2.45. The molecule has 1 aromatic rings. The number of halogens is 1. The zero-order chi connectivity index (χ0) is 13.2. The highest BCUT2D eigenvalue weighted by atomic mass is 35.5. The highest BCUT2D eigenvalue weighted by molar-refractivity contribution is 6.30. The summed E-state index contributed by atoms with van der Waals surface area (Å²) < 4.78 is 0. The molecule has 2 rings (SSSR count). The fourth-order valence-corrected chi connectivity index (χ4v) is 3.20. The van der Waals surface area contributed by atoms with Crippen molar-refractivity contribution in [1.82, 2.24) is 4.90 Å². The minimum atomic E-state index is 0.251. The highest BCUT2D eigenvalue weighted by Crippen LogP contribution is 2.35. The molecule has 100 valence electrons. The summed E-state index contributed by atoms with van der Waals surface area (Å²) >= 11 is 6.08. The van der Waals surface area contributed by atoms with Crippen LogP contribution in [0.4, 0.5) is 0 Å². The Morgan fingerprint density at radius 1 is 1.33 bits per heavy atom. The van der Waals surface area contributed by atoms with Gasteiger partial charge >= 0.3 is 0 Å². The van der Waals surface area contributed by atoms with E-state index in [-0.39, 0.29) is 5.54 Å². The number of nitrogens with two attached hydrogens (primary N) is 1. The average Bonchev–Trinajstić information content (AvgIpc) is 2.32. The van der Waals surface area contributed by atoms with E-state index in [2.05, 4.69) is 31.1 Å². The van der Waals surface area contributed by atoms with Crippen LogP contribution >= 0.6 is 11.6 Å². The molecule has 0 aliphatic heterocycles. The molecule has 2 N–H and O–H groups in total. The number of rotatable bonds is 3. The standard InChI is InChI=1S/C15H23ClN2/c1-18(2)15(8-6-14(17)7-9-15)11-12-4-3-5-13(16)10-12/h3-5,10,14H,6-9,11,17H2,1-2H3. The van der Waals surface area contributed by atoms with Crippen LogP contribution in [0.1, 0.15) is 31.2 Å². The first-order valence-electron chi connectivity index (χ1n) is 6.69. The summed E-state index contributed by atoms with van der Waals surface area (Å²) in [7, 11) is 4.36. The van der Waals surface area contributed by atoms with Gasteiger partial charge in [0.1, 0.15) is 0 Å². The third-order valence-electron chi connectivity index (χ3n) is 4.33. The minimum Gasteiger partial charge on any atom is -0.328 e.